The van der Waals surface area contributed by atoms with Crippen molar-refractivity contribution in [3.05, 3.63) is 64.7 Å². The molecule has 2 aromatic carbocycles. The zero-order valence-corrected chi connectivity index (χ0v) is 13.2. The van der Waals surface area contributed by atoms with Gasteiger partial charge in [-0.15, -0.1) is 0 Å². The van der Waals surface area contributed by atoms with Crippen molar-refractivity contribution in [2.45, 2.75) is 26.4 Å². The van der Waals surface area contributed by atoms with Crippen LogP contribution in [0.15, 0.2) is 42.5 Å². The van der Waals surface area contributed by atoms with E-state index in [9.17, 15) is 10.0 Å². The molecular weight excluding hydrogens is 290 g/mol. The van der Waals surface area contributed by atoms with E-state index in [1.807, 2.05) is 12.1 Å². The van der Waals surface area contributed by atoms with Gasteiger partial charge < -0.3 is 10.6 Å². The number of fused-ring (bicyclic) bond motifs is 1. The van der Waals surface area contributed by atoms with Gasteiger partial charge in [0.05, 0.1) is 6.54 Å². The van der Waals surface area contributed by atoms with Gasteiger partial charge in [-0.2, -0.15) is 0 Å². The summed E-state index contributed by atoms with van der Waals surface area (Å²) in [5, 5.41) is 9.98. The average molecular weight is 311 g/mol. The minimum absolute atomic E-state index is 0.112. The van der Waals surface area contributed by atoms with Crippen LogP contribution in [-0.2, 0) is 19.5 Å². The molecule has 1 aliphatic heterocycles. The van der Waals surface area contributed by atoms with Gasteiger partial charge in [-0.3, -0.25) is 5.21 Å². The van der Waals surface area contributed by atoms with E-state index in [-0.39, 0.29) is 6.54 Å². The third-order valence-corrected chi connectivity index (χ3v) is 4.18. The third-order valence-electron chi connectivity index (χ3n) is 4.18. The van der Waals surface area contributed by atoms with E-state index >= 15 is 0 Å². The summed E-state index contributed by atoms with van der Waals surface area (Å²) in [5.41, 5.74) is 11.0. The van der Waals surface area contributed by atoms with Crippen molar-refractivity contribution < 1.29 is 10.0 Å². The number of carbonyl (C=O) groups is 1. The summed E-state index contributed by atoms with van der Waals surface area (Å²) in [4.78, 5) is 13.3. The van der Waals surface area contributed by atoms with Crippen LogP contribution in [0.25, 0.3) is 0 Å². The number of aryl methyl sites for hydroxylation is 1. The average Bonchev–Trinajstić information content (AvgIpc) is 2.89. The highest BCUT2D eigenvalue weighted by atomic mass is 16.5. The molecule has 0 saturated carbocycles. The Kier molecular flexibility index (Phi) is 4.21. The SMILES string of the molecule is Cc1cccc(CN2CCc3cc(CN(O)C(N)=O)ccc32)c1. The first-order chi connectivity index (χ1) is 11.0. The van der Waals surface area contributed by atoms with Crippen LogP contribution in [0.4, 0.5) is 10.5 Å². The van der Waals surface area contributed by atoms with E-state index in [1.165, 1.54) is 22.4 Å². The molecule has 0 aliphatic carbocycles. The summed E-state index contributed by atoms with van der Waals surface area (Å²) in [6, 6.07) is 13.7. The van der Waals surface area contributed by atoms with E-state index in [0.29, 0.717) is 5.06 Å². The third kappa shape index (κ3) is 3.46. The number of benzene rings is 2. The van der Waals surface area contributed by atoms with Crippen molar-refractivity contribution >= 4 is 11.7 Å². The molecule has 0 unspecified atom stereocenters. The highest BCUT2D eigenvalue weighted by Crippen LogP contribution is 2.30. The molecule has 1 aliphatic rings. The first-order valence-electron chi connectivity index (χ1n) is 7.71. The normalized spacial score (nSPS) is 13.0. The van der Waals surface area contributed by atoms with Crippen molar-refractivity contribution in [1.29, 1.82) is 0 Å². The Morgan fingerprint density at radius 3 is 2.83 bits per heavy atom. The van der Waals surface area contributed by atoms with E-state index < -0.39 is 6.03 Å². The second-order valence-corrected chi connectivity index (χ2v) is 6.02. The molecule has 23 heavy (non-hydrogen) atoms. The molecule has 0 radical (unpaired) electrons. The molecule has 0 bridgehead atoms. The number of urea groups is 1. The van der Waals surface area contributed by atoms with E-state index in [1.54, 1.807) is 0 Å². The number of hydroxylamine groups is 2. The molecule has 5 heteroatoms. The van der Waals surface area contributed by atoms with Crippen LogP contribution in [0.5, 0.6) is 0 Å². The van der Waals surface area contributed by atoms with E-state index in [0.717, 1.165) is 25.1 Å². The number of nitrogens with two attached hydrogens (primary N) is 1. The molecule has 0 spiro atoms. The van der Waals surface area contributed by atoms with Crippen LogP contribution in [0.1, 0.15) is 22.3 Å². The fourth-order valence-electron chi connectivity index (χ4n) is 3.07. The smallest absolute Gasteiger partial charge is 0.338 e. The molecule has 0 atom stereocenters. The zero-order chi connectivity index (χ0) is 16.4. The molecule has 2 aromatic rings. The lowest BCUT2D eigenvalue weighted by atomic mass is 10.1. The number of anilines is 1. The van der Waals surface area contributed by atoms with Crippen molar-refractivity contribution in [3.63, 3.8) is 0 Å². The van der Waals surface area contributed by atoms with Crippen molar-refractivity contribution in [3.8, 4) is 0 Å². The number of hydrogen-bond acceptors (Lipinski definition) is 3. The Morgan fingerprint density at radius 1 is 1.26 bits per heavy atom. The number of primary amides is 1. The lowest BCUT2D eigenvalue weighted by Gasteiger charge is -2.20. The molecule has 120 valence electrons. The number of nitrogens with zero attached hydrogens (tertiary/aromatic N) is 2. The maximum atomic E-state index is 10.9. The standard InChI is InChI=1S/C18H21N3O2/c1-13-3-2-4-14(9-13)11-20-8-7-16-10-15(5-6-17(16)20)12-21(23)18(19)22/h2-6,9-10,23H,7-8,11-12H2,1H3,(H2,19,22). The van der Waals surface area contributed by atoms with Crippen LogP contribution in [0.3, 0.4) is 0 Å². The minimum Gasteiger partial charge on any atom is -0.367 e. The summed E-state index contributed by atoms with van der Waals surface area (Å²) >= 11 is 0. The number of rotatable bonds is 4. The molecule has 3 rings (SSSR count). The Labute approximate surface area is 135 Å². The van der Waals surface area contributed by atoms with Gasteiger partial charge in [0.2, 0.25) is 0 Å². The number of carbonyl (C=O) groups excluding carboxylic acids is 1. The van der Waals surface area contributed by atoms with Crippen LogP contribution in [-0.4, -0.2) is 22.8 Å². The monoisotopic (exact) mass is 311 g/mol. The van der Waals surface area contributed by atoms with Crippen molar-refractivity contribution in [2.24, 2.45) is 5.73 Å². The Balaban J connectivity index is 1.74. The Morgan fingerprint density at radius 2 is 2.09 bits per heavy atom. The predicted molar refractivity (Wildman–Crippen MR) is 89.3 cm³/mol. The van der Waals surface area contributed by atoms with Crippen molar-refractivity contribution in [1.82, 2.24) is 5.06 Å². The first-order valence-corrected chi connectivity index (χ1v) is 7.71. The molecule has 0 saturated heterocycles. The van der Waals surface area contributed by atoms with Crippen LogP contribution < -0.4 is 10.6 Å². The molecule has 0 fully saturated rings. The fourth-order valence-corrected chi connectivity index (χ4v) is 3.07. The van der Waals surface area contributed by atoms with Gasteiger partial charge in [-0.1, -0.05) is 42.0 Å². The maximum absolute atomic E-state index is 10.9. The predicted octanol–water partition coefficient (Wildman–Crippen LogP) is 2.83. The van der Waals surface area contributed by atoms with E-state index in [2.05, 4.69) is 42.2 Å². The van der Waals surface area contributed by atoms with Gasteiger partial charge in [0.1, 0.15) is 0 Å². The zero-order valence-electron chi connectivity index (χ0n) is 13.2. The minimum atomic E-state index is -0.841. The topological polar surface area (TPSA) is 69.8 Å². The molecule has 2 amide bonds. The highest BCUT2D eigenvalue weighted by molar-refractivity contribution is 5.70. The number of hydrogen-bond donors (Lipinski definition) is 2. The van der Waals surface area contributed by atoms with Crippen molar-refractivity contribution in [2.75, 3.05) is 11.4 Å². The van der Waals surface area contributed by atoms with Gasteiger partial charge >= 0.3 is 6.03 Å². The lowest BCUT2D eigenvalue weighted by Crippen LogP contribution is -2.32. The quantitative estimate of drug-likeness (QED) is 0.674. The first kappa shape index (κ1) is 15.4. The maximum Gasteiger partial charge on any atom is 0.338 e. The van der Waals surface area contributed by atoms with Crippen LogP contribution in [0.2, 0.25) is 0 Å². The summed E-state index contributed by atoms with van der Waals surface area (Å²) in [6.45, 7) is 4.08. The molecule has 5 nitrogen and oxygen atoms in total. The Bertz CT molecular complexity index is 730. The second kappa shape index (κ2) is 6.30. The van der Waals surface area contributed by atoms with E-state index in [4.69, 9.17) is 5.73 Å². The van der Waals surface area contributed by atoms with Gasteiger partial charge in [0, 0.05) is 18.8 Å². The second-order valence-electron chi connectivity index (χ2n) is 6.02. The lowest BCUT2D eigenvalue weighted by molar-refractivity contribution is -0.0470. The van der Waals surface area contributed by atoms with Gasteiger partial charge in [-0.25, -0.2) is 9.86 Å². The van der Waals surface area contributed by atoms with Crippen LogP contribution >= 0.6 is 0 Å². The van der Waals surface area contributed by atoms with Crippen LogP contribution in [0, 0.1) is 6.92 Å². The Hall–Kier alpha value is -2.53. The molecule has 3 N–H and O–H groups in total. The molecular formula is C18H21N3O2. The molecule has 0 aromatic heterocycles. The number of amides is 2. The van der Waals surface area contributed by atoms with Gasteiger partial charge in [-0.05, 0) is 36.1 Å². The fraction of sp³-hybridized carbons (Fsp3) is 0.278. The van der Waals surface area contributed by atoms with Gasteiger partial charge in [0.15, 0.2) is 0 Å². The summed E-state index contributed by atoms with van der Waals surface area (Å²) in [6.07, 6.45) is 0.969. The summed E-state index contributed by atoms with van der Waals surface area (Å²) < 4.78 is 0. The summed E-state index contributed by atoms with van der Waals surface area (Å²) in [5.74, 6) is 0. The highest BCUT2D eigenvalue weighted by Gasteiger charge is 2.20. The van der Waals surface area contributed by atoms with Gasteiger partial charge in [0.25, 0.3) is 0 Å². The largest absolute Gasteiger partial charge is 0.367 e. The summed E-state index contributed by atoms with van der Waals surface area (Å²) in [7, 11) is 0. The molecule has 1 heterocycles.